The molecule has 0 aromatic carbocycles. The third-order valence-corrected chi connectivity index (χ3v) is 3.82. The summed E-state index contributed by atoms with van der Waals surface area (Å²) >= 11 is 0. The zero-order chi connectivity index (χ0) is 16.1. The molecule has 2 aromatic heterocycles. The highest BCUT2D eigenvalue weighted by Gasteiger charge is 2.17. The first-order valence-corrected chi connectivity index (χ1v) is 7.72. The van der Waals surface area contributed by atoms with Gasteiger partial charge in [0.25, 0.3) is 0 Å². The van der Waals surface area contributed by atoms with Crippen molar-refractivity contribution in [3.63, 3.8) is 0 Å². The largest absolute Gasteiger partial charge is 0.490 e. The van der Waals surface area contributed by atoms with Crippen molar-refractivity contribution in [2.24, 2.45) is 0 Å². The number of aromatic nitrogens is 2. The topological polar surface area (TPSA) is 89.3 Å². The van der Waals surface area contributed by atoms with Gasteiger partial charge in [-0.25, -0.2) is 0 Å². The molecule has 0 aliphatic carbocycles. The Bertz CT molecular complexity index is 673. The minimum Gasteiger partial charge on any atom is -0.490 e. The van der Waals surface area contributed by atoms with Gasteiger partial charge >= 0.3 is 0 Å². The quantitative estimate of drug-likeness (QED) is 0.786. The fourth-order valence-electron chi connectivity index (χ4n) is 2.25. The second kappa shape index (κ2) is 8.65. The first kappa shape index (κ1) is 18.2. The number of rotatable bonds is 7. The number of carbonyl (C=O) groups excluding carboxylic acids is 1. The lowest BCUT2D eigenvalue weighted by molar-refractivity contribution is -0.120. The predicted molar refractivity (Wildman–Crippen MR) is 91.3 cm³/mol. The molecule has 24 heavy (non-hydrogen) atoms. The number of nitrogens with zero attached hydrogens (tertiary/aromatic N) is 2. The third kappa shape index (κ3) is 4.69. The molecule has 2 N–H and O–H groups in total. The Morgan fingerprint density at radius 2 is 2.29 bits per heavy atom. The Hall–Kier alpha value is -2.12. The van der Waals surface area contributed by atoms with Crippen molar-refractivity contribution < 1.29 is 14.1 Å². The van der Waals surface area contributed by atoms with Crippen LogP contribution < -0.4 is 15.4 Å². The maximum absolute atomic E-state index is 11.3. The van der Waals surface area contributed by atoms with Crippen molar-refractivity contribution in [3.05, 3.63) is 30.2 Å². The van der Waals surface area contributed by atoms with E-state index in [1.807, 2.05) is 12.1 Å². The van der Waals surface area contributed by atoms with Gasteiger partial charge in [-0.3, -0.25) is 9.78 Å². The zero-order valence-electron chi connectivity index (χ0n) is 13.4. The molecule has 8 heteroatoms. The lowest BCUT2D eigenvalue weighted by Crippen LogP contribution is -2.46. The van der Waals surface area contributed by atoms with Gasteiger partial charge in [-0.05, 0) is 19.0 Å². The molecule has 0 bridgehead atoms. The summed E-state index contributed by atoms with van der Waals surface area (Å²) in [4.78, 5) is 15.4. The Morgan fingerprint density at radius 1 is 1.46 bits per heavy atom. The standard InChI is InChI=1S/C16H20N4O3.ClH/c1-17-16(21)3-2-12-7-15(23-20-12)11-6-14(9-18-8-11)22-10-13-4-5-19-13;/h6-9,13,19H,2-5,10H2,1H3,(H,17,21);1H/t13-;/m0./s1. The normalized spacial score (nSPS) is 16.0. The maximum Gasteiger partial charge on any atom is 0.220 e. The summed E-state index contributed by atoms with van der Waals surface area (Å²) in [5.41, 5.74) is 1.55. The van der Waals surface area contributed by atoms with Gasteiger partial charge in [0.2, 0.25) is 5.91 Å². The van der Waals surface area contributed by atoms with E-state index >= 15 is 0 Å². The number of nitrogens with one attached hydrogen (secondary N) is 2. The highest BCUT2D eigenvalue weighted by molar-refractivity contribution is 5.85. The monoisotopic (exact) mass is 352 g/mol. The van der Waals surface area contributed by atoms with Crippen LogP contribution in [0.3, 0.4) is 0 Å². The molecule has 3 heterocycles. The second-order valence-corrected chi connectivity index (χ2v) is 5.52. The molecule has 130 valence electrons. The lowest BCUT2D eigenvalue weighted by Gasteiger charge is -2.27. The summed E-state index contributed by atoms with van der Waals surface area (Å²) in [6, 6.07) is 4.15. The van der Waals surface area contributed by atoms with E-state index in [4.69, 9.17) is 9.26 Å². The molecule has 1 atom stereocenters. The minimum atomic E-state index is -0.0174. The number of hydrogen-bond donors (Lipinski definition) is 2. The van der Waals surface area contributed by atoms with Crippen LogP contribution in [-0.4, -0.2) is 42.3 Å². The molecule has 1 aliphatic heterocycles. The fraction of sp³-hybridized carbons (Fsp3) is 0.438. The van der Waals surface area contributed by atoms with Gasteiger partial charge in [0.15, 0.2) is 5.76 Å². The highest BCUT2D eigenvalue weighted by Crippen LogP contribution is 2.24. The van der Waals surface area contributed by atoms with Crippen LogP contribution >= 0.6 is 12.4 Å². The van der Waals surface area contributed by atoms with Crippen molar-refractivity contribution >= 4 is 18.3 Å². The van der Waals surface area contributed by atoms with Crippen molar-refractivity contribution in [2.75, 3.05) is 20.2 Å². The summed E-state index contributed by atoms with van der Waals surface area (Å²) < 4.78 is 11.1. The van der Waals surface area contributed by atoms with E-state index < -0.39 is 0 Å². The second-order valence-electron chi connectivity index (χ2n) is 5.52. The summed E-state index contributed by atoms with van der Waals surface area (Å²) in [5.74, 6) is 1.31. The van der Waals surface area contributed by atoms with Gasteiger partial charge in [-0.2, -0.15) is 0 Å². The first-order chi connectivity index (χ1) is 11.2. The van der Waals surface area contributed by atoms with E-state index in [1.54, 1.807) is 19.4 Å². The van der Waals surface area contributed by atoms with Crippen molar-refractivity contribution in [3.8, 4) is 17.1 Å². The molecule has 7 nitrogen and oxygen atoms in total. The van der Waals surface area contributed by atoms with Crippen LogP contribution in [-0.2, 0) is 11.2 Å². The number of aryl methyl sites for hydroxylation is 1. The van der Waals surface area contributed by atoms with Crippen LogP contribution in [0.4, 0.5) is 0 Å². The average molecular weight is 353 g/mol. The van der Waals surface area contributed by atoms with Crippen LogP contribution in [0.5, 0.6) is 5.75 Å². The highest BCUT2D eigenvalue weighted by atomic mass is 35.5. The molecular formula is C16H21ClN4O3. The van der Waals surface area contributed by atoms with E-state index in [-0.39, 0.29) is 18.3 Å². The van der Waals surface area contributed by atoms with E-state index in [0.717, 1.165) is 24.2 Å². The van der Waals surface area contributed by atoms with Gasteiger partial charge in [-0.15, -0.1) is 12.4 Å². The average Bonchev–Trinajstić information content (AvgIpc) is 3.00. The van der Waals surface area contributed by atoms with Crippen LogP contribution in [0.1, 0.15) is 18.5 Å². The van der Waals surface area contributed by atoms with Gasteiger partial charge in [-0.1, -0.05) is 5.16 Å². The number of ether oxygens (including phenoxy) is 1. The number of hydrogen-bond acceptors (Lipinski definition) is 6. The molecule has 2 aromatic rings. The fourth-order valence-corrected chi connectivity index (χ4v) is 2.25. The van der Waals surface area contributed by atoms with E-state index in [2.05, 4.69) is 20.8 Å². The van der Waals surface area contributed by atoms with Gasteiger partial charge in [0.05, 0.1) is 11.9 Å². The van der Waals surface area contributed by atoms with Crippen molar-refractivity contribution in [1.29, 1.82) is 0 Å². The summed E-state index contributed by atoms with van der Waals surface area (Å²) in [6.07, 6.45) is 5.46. The Balaban J connectivity index is 0.00000208. The smallest absolute Gasteiger partial charge is 0.220 e. The molecule has 0 unspecified atom stereocenters. The zero-order valence-corrected chi connectivity index (χ0v) is 14.3. The predicted octanol–water partition coefficient (Wildman–Crippen LogP) is 1.58. The molecule has 1 amide bonds. The minimum absolute atomic E-state index is 0. The molecule has 0 radical (unpaired) electrons. The Labute approximate surface area is 146 Å². The third-order valence-electron chi connectivity index (χ3n) is 3.82. The molecule has 3 rings (SSSR count). The summed E-state index contributed by atoms with van der Waals surface area (Å²) in [6.45, 7) is 1.70. The van der Waals surface area contributed by atoms with Gasteiger partial charge in [0, 0.05) is 43.8 Å². The summed E-state index contributed by atoms with van der Waals surface area (Å²) in [5, 5.41) is 9.86. The first-order valence-electron chi connectivity index (χ1n) is 7.72. The molecular weight excluding hydrogens is 332 g/mol. The lowest BCUT2D eigenvalue weighted by atomic mass is 10.1. The van der Waals surface area contributed by atoms with Crippen LogP contribution in [0.25, 0.3) is 11.3 Å². The van der Waals surface area contributed by atoms with Gasteiger partial charge in [0.1, 0.15) is 12.4 Å². The Morgan fingerprint density at radius 3 is 3.00 bits per heavy atom. The number of carbonyl (C=O) groups is 1. The van der Waals surface area contributed by atoms with Crippen molar-refractivity contribution in [2.45, 2.75) is 25.3 Å². The molecule has 0 spiro atoms. The molecule has 1 fully saturated rings. The summed E-state index contributed by atoms with van der Waals surface area (Å²) in [7, 11) is 1.62. The SMILES string of the molecule is CNC(=O)CCc1cc(-c2cncc(OC[C@@H]3CCN3)c2)on1.Cl. The van der Waals surface area contributed by atoms with E-state index in [1.165, 1.54) is 0 Å². The molecule has 1 saturated heterocycles. The van der Waals surface area contributed by atoms with Crippen LogP contribution in [0.15, 0.2) is 29.0 Å². The van der Waals surface area contributed by atoms with Crippen molar-refractivity contribution in [1.82, 2.24) is 20.8 Å². The van der Waals surface area contributed by atoms with E-state index in [9.17, 15) is 4.79 Å². The number of pyridine rings is 1. The van der Waals surface area contributed by atoms with Crippen LogP contribution in [0.2, 0.25) is 0 Å². The van der Waals surface area contributed by atoms with Gasteiger partial charge < -0.3 is 19.9 Å². The molecule has 1 aliphatic rings. The molecule has 0 saturated carbocycles. The van der Waals surface area contributed by atoms with Crippen LogP contribution in [0, 0.1) is 0 Å². The number of amides is 1. The number of halogens is 1. The van der Waals surface area contributed by atoms with E-state index in [0.29, 0.717) is 37.0 Å². The maximum atomic E-state index is 11.3. The Kier molecular flexibility index (Phi) is 6.57.